The minimum atomic E-state index is -4.50. The summed E-state index contributed by atoms with van der Waals surface area (Å²) in [7, 11) is -3.80. The van der Waals surface area contributed by atoms with Crippen LogP contribution >= 0.6 is 0 Å². The summed E-state index contributed by atoms with van der Waals surface area (Å²) in [4.78, 5) is 0. The number of rotatable bonds is 3. The molecule has 1 N–H and O–H groups in total. The van der Waals surface area contributed by atoms with E-state index in [4.69, 9.17) is 0 Å². The van der Waals surface area contributed by atoms with Crippen molar-refractivity contribution in [3.8, 4) is 0 Å². The molecule has 12 heavy (non-hydrogen) atoms. The average molecular weight is 205 g/mol. The van der Waals surface area contributed by atoms with Crippen molar-refractivity contribution in [2.75, 3.05) is 6.54 Å². The van der Waals surface area contributed by atoms with Crippen LogP contribution in [-0.4, -0.2) is 26.4 Å². The van der Waals surface area contributed by atoms with E-state index in [0.717, 1.165) is 0 Å². The Morgan fingerprint density at radius 2 is 1.75 bits per heavy atom. The van der Waals surface area contributed by atoms with Crippen LogP contribution in [0.25, 0.3) is 0 Å². The van der Waals surface area contributed by atoms with E-state index in [-0.39, 0.29) is 0 Å². The van der Waals surface area contributed by atoms with Crippen molar-refractivity contribution in [3.05, 3.63) is 0 Å². The minimum absolute atomic E-state index is 0.847. The number of nitrogens with one attached hydrogen (secondary N) is 1. The van der Waals surface area contributed by atoms with Gasteiger partial charge in [-0.2, -0.15) is 13.2 Å². The normalized spacial score (nSPS) is 13.8. The highest BCUT2D eigenvalue weighted by Gasteiger charge is 2.30. The molecule has 0 aromatic rings. The summed E-state index contributed by atoms with van der Waals surface area (Å²) in [6.07, 6.45) is -4.50. The zero-order chi connectivity index (χ0) is 9.99. The number of sulfonamides is 1. The third-order valence-corrected chi connectivity index (χ3v) is 2.88. The fourth-order valence-electron chi connectivity index (χ4n) is 0.349. The lowest BCUT2D eigenvalue weighted by molar-refractivity contribution is -0.121. The highest BCUT2D eigenvalue weighted by Crippen LogP contribution is 2.13. The van der Waals surface area contributed by atoms with Crippen molar-refractivity contribution in [3.63, 3.8) is 0 Å². The Morgan fingerprint density at radius 3 is 2.00 bits per heavy atom. The van der Waals surface area contributed by atoms with E-state index in [1.54, 1.807) is 0 Å². The van der Waals surface area contributed by atoms with Crippen molar-refractivity contribution in [1.29, 1.82) is 0 Å². The van der Waals surface area contributed by atoms with Gasteiger partial charge in [-0.1, -0.05) is 0 Å². The van der Waals surface area contributed by atoms with Gasteiger partial charge in [0.1, 0.15) is 6.54 Å². The second-order valence-corrected chi connectivity index (χ2v) is 4.85. The van der Waals surface area contributed by atoms with E-state index in [9.17, 15) is 21.6 Å². The Kier molecular flexibility index (Phi) is 3.52. The molecule has 0 spiro atoms. The maximum Gasteiger partial charge on any atom is 0.402 e. The van der Waals surface area contributed by atoms with E-state index >= 15 is 0 Å². The quantitative estimate of drug-likeness (QED) is 0.743. The second kappa shape index (κ2) is 3.61. The second-order valence-electron chi connectivity index (χ2n) is 2.53. The van der Waals surface area contributed by atoms with Crippen LogP contribution in [0.1, 0.15) is 13.8 Å². The number of hydrogen-bond acceptors (Lipinski definition) is 2. The monoisotopic (exact) mass is 205 g/mol. The molecule has 0 atom stereocenters. The summed E-state index contributed by atoms with van der Waals surface area (Å²) in [6, 6.07) is 0. The molecule has 0 saturated heterocycles. The van der Waals surface area contributed by atoms with Crippen LogP contribution in [0.3, 0.4) is 0 Å². The maximum atomic E-state index is 11.5. The summed E-state index contributed by atoms with van der Waals surface area (Å²) in [5, 5.41) is -0.847. The molecule has 0 radical (unpaired) electrons. The van der Waals surface area contributed by atoms with Gasteiger partial charge in [0.2, 0.25) is 10.0 Å². The molecule has 0 saturated carbocycles. The van der Waals surface area contributed by atoms with Crippen LogP contribution in [0, 0.1) is 0 Å². The first kappa shape index (κ1) is 11.7. The third-order valence-electron chi connectivity index (χ3n) is 1.09. The van der Waals surface area contributed by atoms with Gasteiger partial charge in [0.25, 0.3) is 0 Å². The molecule has 0 aliphatic heterocycles. The van der Waals surface area contributed by atoms with E-state index in [0.29, 0.717) is 0 Å². The molecule has 74 valence electrons. The Bertz CT molecular complexity index is 232. The lowest BCUT2D eigenvalue weighted by atomic mass is 10.6. The average Bonchev–Trinajstić information content (AvgIpc) is 1.82. The summed E-state index contributed by atoms with van der Waals surface area (Å²) in [5.41, 5.74) is 0. The van der Waals surface area contributed by atoms with Crippen molar-refractivity contribution in [2.24, 2.45) is 0 Å². The summed E-state index contributed by atoms with van der Waals surface area (Å²) < 4.78 is 57.5. The van der Waals surface area contributed by atoms with Crippen molar-refractivity contribution >= 4 is 10.0 Å². The first-order chi connectivity index (χ1) is 5.15. The van der Waals surface area contributed by atoms with E-state index in [2.05, 4.69) is 0 Å². The predicted octanol–water partition coefficient (Wildman–Crippen LogP) is 0.877. The van der Waals surface area contributed by atoms with Crippen LogP contribution < -0.4 is 4.72 Å². The van der Waals surface area contributed by atoms with Crippen LogP contribution in [0.5, 0.6) is 0 Å². The van der Waals surface area contributed by atoms with Gasteiger partial charge in [-0.25, -0.2) is 13.1 Å². The molecule has 0 rings (SSSR count). The van der Waals surface area contributed by atoms with Gasteiger partial charge in [0.15, 0.2) is 0 Å². The zero-order valence-corrected chi connectivity index (χ0v) is 7.46. The van der Waals surface area contributed by atoms with Crippen molar-refractivity contribution in [1.82, 2.24) is 4.72 Å². The highest BCUT2D eigenvalue weighted by molar-refractivity contribution is 7.90. The maximum absolute atomic E-state index is 11.5. The molecule has 0 heterocycles. The third kappa shape index (κ3) is 4.55. The van der Waals surface area contributed by atoms with Gasteiger partial charge in [0, 0.05) is 0 Å². The molecule has 0 aromatic carbocycles. The van der Waals surface area contributed by atoms with Gasteiger partial charge in [-0.05, 0) is 13.8 Å². The molecular weight excluding hydrogens is 195 g/mol. The molecule has 0 aliphatic rings. The zero-order valence-electron chi connectivity index (χ0n) is 6.64. The van der Waals surface area contributed by atoms with Crippen LogP contribution in [-0.2, 0) is 10.0 Å². The van der Waals surface area contributed by atoms with Crippen LogP contribution in [0.2, 0.25) is 0 Å². The molecular formula is C5H10F3NO2S. The highest BCUT2D eigenvalue weighted by atomic mass is 32.2. The number of alkyl halides is 3. The van der Waals surface area contributed by atoms with E-state index in [1.165, 1.54) is 18.6 Å². The van der Waals surface area contributed by atoms with E-state index < -0.39 is 28.0 Å². The van der Waals surface area contributed by atoms with Crippen molar-refractivity contribution < 1.29 is 21.6 Å². The smallest absolute Gasteiger partial charge is 0.212 e. The fraction of sp³-hybridized carbons (Fsp3) is 1.00. The van der Waals surface area contributed by atoms with Gasteiger partial charge in [0.05, 0.1) is 5.25 Å². The van der Waals surface area contributed by atoms with Crippen LogP contribution in [0.4, 0.5) is 13.2 Å². The topological polar surface area (TPSA) is 46.2 Å². The number of halogens is 3. The lowest BCUT2D eigenvalue weighted by Gasteiger charge is -2.10. The minimum Gasteiger partial charge on any atom is -0.212 e. The molecule has 0 aromatic heterocycles. The first-order valence-corrected chi connectivity index (χ1v) is 4.75. The molecule has 0 amide bonds. The molecule has 0 bridgehead atoms. The Morgan fingerprint density at radius 1 is 1.33 bits per heavy atom. The van der Waals surface area contributed by atoms with Gasteiger partial charge >= 0.3 is 6.18 Å². The Balaban J connectivity index is 4.12. The molecule has 0 fully saturated rings. The lowest BCUT2D eigenvalue weighted by Crippen LogP contribution is -2.37. The Hall–Kier alpha value is -0.300. The SMILES string of the molecule is CC(C)S(=O)(=O)NCC(F)(F)F. The summed E-state index contributed by atoms with van der Waals surface area (Å²) in [6.45, 7) is 1.10. The fourth-order valence-corrected chi connectivity index (χ4v) is 1.05. The number of hydrogen-bond donors (Lipinski definition) is 1. The van der Waals surface area contributed by atoms with Gasteiger partial charge in [-0.3, -0.25) is 0 Å². The van der Waals surface area contributed by atoms with Crippen molar-refractivity contribution in [2.45, 2.75) is 25.3 Å². The largest absolute Gasteiger partial charge is 0.402 e. The van der Waals surface area contributed by atoms with Gasteiger partial charge in [-0.15, -0.1) is 0 Å². The molecule has 0 unspecified atom stereocenters. The molecule has 0 aliphatic carbocycles. The van der Waals surface area contributed by atoms with E-state index in [1.807, 2.05) is 0 Å². The summed E-state index contributed by atoms with van der Waals surface area (Å²) in [5.74, 6) is 0. The summed E-state index contributed by atoms with van der Waals surface area (Å²) >= 11 is 0. The molecule has 3 nitrogen and oxygen atoms in total. The standard InChI is InChI=1S/C5H10F3NO2S/c1-4(2)12(10,11)9-3-5(6,7)8/h4,9H,3H2,1-2H3. The van der Waals surface area contributed by atoms with Crippen LogP contribution in [0.15, 0.2) is 0 Å². The first-order valence-electron chi connectivity index (χ1n) is 3.20. The molecule has 7 heteroatoms. The van der Waals surface area contributed by atoms with Gasteiger partial charge < -0.3 is 0 Å². The Labute approximate surface area is 69.0 Å². The predicted molar refractivity (Wildman–Crippen MR) is 38.1 cm³/mol.